The summed E-state index contributed by atoms with van der Waals surface area (Å²) in [7, 11) is 0. The van der Waals surface area contributed by atoms with E-state index in [0.29, 0.717) is 0 Å². The highest BCUT2D eigenvalue weighted by Crippen LogP contribution is 2.20. The largest absolute Gasteiger partial charge is 0.288 e. The maximum Gasteiger partial charge on any atom is 0.195 e. The van der Waals surface area contributed by atoms with Crippen molar-refractivity contribution < 1.29 is 4.79 Å². The van der Waals surface area contributed by atoms with Crippen LogP contribution in [0.5, 0.6) is 0 Å². The lowest BCUT2D eigenvalue weighted by Crippen LogP contribution is -1.88. The molecule has 17 heavy (non-hydrogen) atoms. The number of thiophene rings is 2. The molecule has 2 aromatic heterocycles. The molecule has 0 unspecified atom stereocenters. The van der Waals surface area contributed by atoms with E-state index in [9.17, 15) is 4.79 Å². The van der Waals surface area contributed by atoms with Crippen molar-refractivity contribution in [2.75, 3.05) is 0 Å². The molecule has 0 aliphatic carbocycles. The fraction of sp³-hybridized carbons (Fsp3) is 0.214. The Labute approximate surface area is 109 Å². The highest BCUT2D eigenvalue weighted by molar-refractivity contribution is 7.14. The molecule has 0 radical (unpaired) electrons. The number of carbonyl (C=O) groups is 1. The Kier molecular flexibility index (Phi) is 3.92. The quantitative estimate of drug-likeness (QED) is 0.582. The van der Waals surface area contributed by atoms with Gasteiger partial charge < -0.3 is 0 Å². The van der Waals surface area contributed by atoms with Crippen LogP contribution in [0.15, 0.2) is 30.3 Å². The van der Waals surface area contributed by atoms with Crippen LogP contribution in [-0.2, 0) is 6.42 Å². The molecule has 0 N–H and O–H groups in total. The van der Waals surface area contributed by atoms with Crippen LogP contribution in [0.3, 0.4) is 0 Å². The Morgan fingerprint density at radius 1 is 1.24 bits per heavy atom. The van der Waals surface area contributed by atoms with Crippen molar-refractivity contribution >= 4 is 34.5 Å². The van der Waals surface area contributed by atoms with Crippen LogP contribution >= 0.6 is 22.7 Å². The lowest BCUT2D eigenvalue weighted by Gasteiger charge is -1.88. The van der Waals surface area contributed by atoms with Crippen molar-refractivity contribution in [2.24, 2.45) is 0 Å². The zero-order valence-corrected chi connectivity index (χ0v) is 11.5. The minimum Gasteiger partial charge on any atom is -0.288 e. The van der Waals surface area contributed by atoms with Crippen molar-refractivity contribution in [3.63, 3.8) is 0 Å². The summed E-state index contributed by atoms with van der Waals surface area (Å²) in [6.45, 7) is 4.17. The fourth-order valence-electron chi connectivity index (χ4n) is 1.48. The molecule has 2 rings (SSSR count). The second kappa shape index (κ2) is 5.43. The minimum atomic E-state index is 0.0979. The predicted molar refractivity (Wildman–Crippen MR) is 76.1 cm³/mol. The zero-order valence-electron chi connectivity index (χ0n) is 9.90. The van der Waals surface area contributed by atoms with Crippen LogP contribution in [0.1, 0.15) is 31.2 Å². The Morgan fingerprint density at radius 2 is 2.06 bits per heavy atom. The first-order valence-corrected chi connectivity index (χ1v) is 7.20. The van der Waals surface area contributed by atoms with Gasteiger partial charge in [0.15, 0.2) is 5.78 Å². The van der Waals surface area contributed by atoms with Crippen molar-refractivity contribution in [1.29, 1.82) is 0 Å². The van der Waals surface area contributed by atoms with Gasteiger partial charge in [0.25, 0.3) is 0 Å². The number of ketones is 1. The van der Waals surface area contributed by atoms with Crippen LogP contribution < -0.4 is 0 Å². The average molecular weight is 262 g/mol. The molecule has 0 aliphatic rings. The second-order valence-corrected chi connectivity index (χ2v) is 6.25. The summed E-state index contributed by atoms with van der Waals surface area (Å²) in [4.78, 5) is 16.4. The van der Waals surface area contributed by atoms with Crippen LogP contribution in [0.25, 0.3) is 6.08 Å². The van der Waals surface area contributed by atoms with E-state index in [1.807, 2.05) is 24.3 Å². The molecule has 0 atom stereocenters. The first kappa shape index (κ1) is 12.3. The molecule has 3 heteroatoms. The Morgan fingerprint density at radius 3 is 2.65 bits per heavy atom. The molecule has 0 aromatic carbocycles. The molecule has 0 spiro atoms. The monoisotopic (exact) mass is 262 g/mol. The summed E-state index contributed by atoms with van der Waals surface area (Å²) in [5.41, 5.74) is 0. The average Bonchev–Trinajstić information content (AvgIpc) is 2.94. The molecule has 0 fully saturated rings. The van der Waals surface area contributed by atoms with Crippen LogP contribution in [-0.4, -0.2) is 5.78 Å². The van der Waals surface area contributed by atoms with Gasteiger partial charge in [-0.25, -0.2) is 0 Å². The van der Waals surface area contributed by atoms with Gasteiger partial charge >= 0.3 is 0 Å². The summed E-state index contributed by atoms with van der Waals surface area (Å²) in [5, 5.41) is 0. The molecule has 0 aliphatic heterocycles. The Bertz CT molecular complexity index is 546. The normalized spacial score (nSPS) is 11.2. The maximum absolute atomic E-state index is 11.9. The molecule has 1 nitrogen and oxygen atoms in total. The van der Waals surface area contributed by atoms with Gasteiger partial charge in [0.2, 0.25) is 0 Å². The van der Waals surface area contributed by atoms with Crippen LogP contribution in [0.4, 0.5) is 0 Å². The Balaban J connectivity index is 2.08. The van der Waals surface area contributed by atoms with E-state index in [-0.39, 0.29) is 5.78 Å². The summed E-state index contributed by atoms with van der Waals surface area (Å²) in [6, 6.07) is 8.04. The van der Waals surface area contributed by atoms with Crippen LogP contribution in [0, 0.1) is 6.92 Å². The SMILES string of the molecule is CCc1ccc(C(=O)/C=C/c2ccc(C)s2)s1. The van der Waals surface area contributed by atoms with Gasteiger partial charge in [0, 0.05) is 14.6 Å². The first-order chi connectivity index (χ1) is 8.19. The molecule has 2 aromatic rings. The molecular weight excluding hydrogens is 248 g/mol. The van der Waals surface area contributed by atoms with Crippen LogP contribution in [0.2, 0.25) is 0 Å². The van der Waals surface area contributed by atoms with E-state index < -0.39 is 0 Å². The molecule has 2 heterocycles. The zero-order chi connectivity index (χ0) is 12.3. The van der Waals surface area contributed by atoms with Crippen molar-refractivity contribution in [1.82, 2.24) is 0 Å². The van der Waals surface area contributed by atoms with Crippen molar-refractivity contribution in [3.8, 4) is 0 Å². The smallest absolute Gasteiger partial charge is 0.195 e. The predicted octanol–water partition coefficient (Wildman–Crippen LogP) is 4.58. The van der Waals surface area contributed by atoms with E-state index in [1.54, 1.807) is 28.7 Å². The van der Waals surface area contributed by atoms with E-state index in [0.717, 1.165) is 16.2 Å². The molecule has 0 saturated carbocycles. The highest BCUT2D eigenvalue weighted by atomic mass is 32.1. The highest BCUT2D eigenvalue weighted by Gasteiger charge is 2.05. The van der Waals surface area contributed by atoms with Crippen molar-refractivity contribution in [3.05, 3.63) is 49.9 Å². The summed E-state index contributed by atoms with van der Waals surface area (Å²) in [5.74, 6) is 0.0979. The topological polar surface area (TPSA) is 17.1 Å². The van der Waals surface area contributed by atoms with Gasteiger partial charge in [0.05, 0.1) is 4.88 Å². The Hall–Kier alpha value is -1.19. The van der Waals surface area contributed by atoms with E-state index in [4.69, 9.17) is 0 Å². The number of carbonyl (C=O) groups excluding carboxylic acids is 1. The number of hydrogen-bond donors (Lipinski definition) is 0. The minimum absolute atomic E-state index is 0.0979. The van der Waals surface area contributed by atoms with Gasteiger partial charge in [-0.1, -0.05) is 6.92 Å². The molecule has 0 amide bonds. The number of aryl methyl sites for hydroxylation is 2. The number of hydrogen-bond acceptors (Lipinski definition) is 3. The summed E-state index contributed by atoms with van der Waals surface area (Å²) < 4.78 is 0. The van der Waals surface area contributed by atoms with Gasteiger partial charge in [-0.15, -0.1) is 22.7 Å². The third-order valence-corrected chi connectivity index (χ3v) is 4.62. The van der Waals surface area contributed by atoms with E-state index in [1.165, 1.54) is 9.75 Å². The van der Waals surface area contributed by atoms with Gasteiger partial charge in [-0.05, 0) is 49.8 Å². The van der Waals surface area contributed by atoms with Gasteiger partial charge in [-0.2, -0.15) is 0 Å². The van der Waals surface area contributed by atoms with E-state index >= 15 is 0 Å². The molecule has 88 valence electrons. The number of rotatable bonds is 4. The molecule has 0 saturated heterocycles. The summed E-state index contributed by atoms with van der Waals surface area (Å²) in [6.07, 6.45) is 4.55. The third-order valence-electron chi connectivity index (χ3n) is 2.41. The summed E-state index contributed by atoms with van der Waals surface area (Å²) >= 11 is 3.28. The molecule has 0 bridgehead atoms. The van der Waals surface area contributed by atoms with Gasteiger partial charge in [-0.3, -0.25) is 4.79 Å². The number of allylic oxidation sites excluding steroid dienone is 1. The second-order valence-electron chi connectivity index (χ2n) is 3.77. The fourth-order valence-corrected chi connectivity index (χ4v) is 3.13. The standard InChI is InChI=1S/C14H14OS2/c1-3-11-7-9-14(17-11)13(15)8-6-12-5-4-10(2)16-12/h4-9H,3H2,1-2H3/b8-6+. The van der Waals surface area contributed by atoms with E-state index in [2.05, 4.69) is 19.9 Å². The first-order valence-electron chi connectivity index (χ1n) is 5.56. The third kappa shape index (κ3) is 3.14. The maximum atomic E-state index is 11.9. The molecular formula is C14H14OS2. The van der Waals surface area contributed by atoms with Gasteiger partial charge in [0.1, 0.15) is 0 Å². The lowest BCUT2D eigenvalue weighted by molar-refractivity contribution is 0.105. The van der Waals surface area contributed by atoms with Crippen molar-refractivity contribution in [2.45, 2.75) is 20.3 Å². The lowest BCUT2D eigenvalue weighted by atomic mass is 10.2.